The Hall–Kier alpha value is -2.32. The third kappa shape index (κ3) is 4.70. The van der Waals surface area contributed by atoms with Gasteiger partial charge in [-0.15, -0.1) is 11.3 Å². The summed E-state index contributed by atoms with van der Waals surface area (Å²) < 4.78 is 19.1. The Labute approximate surface area is 179 Å². The summed E-state index contributed by atoms with van der Waals surface area (Å²) in [6, 6.07) is 7.37. The van der Waals surface area contributed by atoms with Crippen LogP contribution in [-0.2, 0) is 4.79 Å². The maximum Gasteiger partial charge on any atom is 0.282 e. The van der Waals surface area contributed by atoms with Gasteiger partial charge in [-0.2, -0.15) is 4.39 Å². The fourth-order valence-corrected chi connectivity index (χ4v) is 4.89. The normalized spacial score (nSPS) is 23.0. The minimum Gasteiger partial charge on any atom is -0.459 e. The molecule has 2 aromatic rings. The molecular formula is C22H26FN3O3S. The number of ether oxygens (including phenoxy) is 1. The van der Waals surface area contributed by atoms with Crippen LogP contribution in [0, 0.1) is 0 Å². The molecule has 4 rings (SSSR count). The van der Waals surface area contributed by atoms with Crippen molar-refractivity contribution in [3.63, 3.8) is 0 Å². The highest BCUT2D eigenvalue weighted by atomic mass is 32.1. The van der Waals surface area contributed by atoms with Crippen LogP contribution in [0.25, 0.3) is 0 Å². The lowest BCUT2D eigenvalue weighted by Gasteiger charge is -2.37. The van der Waals surface area contributed by atoms with Crippen LogP contribution in [0.2, 0.25) is 0 Å². The molecule has 1 aromatic heterocycles. The van der Waals surface area contributed by atoms with Crippen LogP contribution in [0.3, 0.4) is 0 Å². The van der Waals surface area contributed by atoms with Crippen LogP contribution < -0.4 is 4.74 Å². The van der Waals surface area contributed by atoms with E-state index < -0.39 is 5.85 Å². The Morgan fingerprint density at radius 3 is 2.70 bits per heavy atom. The first-order valence-electron chi connectivity index (χ1n) is 10.2. The molecule has 1 saturated carbocycles. The molecule has 1 aliphatic heterocycles. The van der Waals surface area contributed by atoms with E-state index in [0.29, 0.717) is 30.3 Å². The van der Waals surface area contributed by atoms with Crippen molar-refractivity contribution in [3.8, 4) is 5.75 Å². The Morgan fingerprint density at radius 2 is 2.03 bits per heavy atom. The third-order valence-electron chi connectivity index (χ3n) is 5.69. The van der Waals surface area contributed by atoms with E-state index in [0.717, 1.165) is 25.1 Å². The van der Waals surface area contributed by atoms with Crippen LogP contribution in [0.15, 0.2) is 35.8 Å². The maximum atomic E-state index is 13.8. The Morgan fingerprint density at radius 1 is 1.27 bits per heavy atom. The van der Waals surface area contributed by atoms with Crippen molar-refractivity contribution in [1.29, 1.82) is 0 Å². The summed E-state index contributed by atoms with van der Waals surface area (Å²) in [6.07, 6.45) is 2.89. The van der Waals surface area contributed by atoms with Gasteiger partial charge in [-0.25, -0.2) is 4.98 Å². The summed E-state index contributed by atoms with van der Waals surface area (Å²) in [5.41, 5.74) is 0.877. The van der Waals surface area contributed by atoms with Gasteiger partial charge in [0.05, 0.1) is 0 Å². The number of rotatable bonds is 5. The molecule has 0 bridgehead atoms. The Bertz CT molecular complexity index is 905. The number of amides is 1. The number of Topliss-reactive ketones (excluding diaryl/α,β-unsaturated/α-hetero) is 1. The third-order valence-corrected chi connectivity index (χ3v) is 6.45. The Balaban J connectivity index is 1.36. The topological polar surface area (TPSA) is 62.7 Å². The average Bonchev–Trinajstić information content (AvgIpc) is 3.36. The average molecular weight is 432 g/mol. The second kappa shape index (κ2) is 8.43. The van der Waals surface area contributed by atoms with Crippen LogP contribution in [0.4, 0.5) is 4.39 Å². The van der Waals surface area contributed by atoms with Gasteiger partial charge in [0.15, 0.2) is 5.01 Å². The van der Waals surface area contributed by atoms with Gasteiger partial charge in [0.2, 0.25) is 5.85 Å². The highest BCUT2D eigenvalue weighted by Crippen LogP contribution is 2.36. The number of nitrogens with zero attached hydrogens (tertiary/aromatic N) is 3. The summed E-state index contributed by atoms with van der Waals surface area (Å²) in [5.74, 6) is -1.34. The predicted octanol–water partition coefficient (Wildman–Crippen LogP) is 3.50. The number of aromatic nitrogens is 1. The van der Waals surface area contributed by atoms with Gasteiger partial charge in [-0.05, 0) is 24.1 Å². The van der Waals surface area contributed by atoms with Crippen molar-refractivity contribution in [2.75, 3.05) is 26.2 Å². The second-order valence-corrected chi connectivity index (χ2v) is 9.21. The second-order valence-electron chi connectivity index (χ2n) is 8.32. The van der Waals surface area contributed by atoms with Gasteiger partial charge in [0.25, 0.3) is 5.91 Å². The summed E-state index contributed by atoms with van der Waals surface area (Å²) in [5, 5.41) is 2.33. The molecule has 0 spiro atoms. The number of piperazine rings is 1. The largest absolute Gasteiger partial charge is 0.459 e. The molecule has 2 unspecified atom stereocenters. The van der Waals surface area contributed by atoms with Gasteiger partial charge in [-0.3, -0.25) is 14.5 Å². The van der Waals surface area contributed by atoms with Crippen molar-refractivity contribution < 1.29 is 18.7 Å². The molecule has 1 aliphatic carbocycles. The molecule has 30 heavy (non-hydrogen) atoms. The lowest BCUT2D eigenvalue weighted by atomic mass is 9.96. The molecule has 2 atom stereocenters. The Kier molecular flexibility index (Phi) is 5.88. The highest BCUT2D eigenvalue weighted by molar-refractivity contribution is 7.11. The zero-order valence-electron chi connectivity index (χ0n) is 17.2. The first-order valence-corrected chi connectivity index (χ1v) is 11.1. The molecular weight excluding hydrogens is 405 g/mol. The van der Waals surface area contributed by atoms with E-state index in [1.54, 1.807) is 24.4 Å². The minimum absolute atomic E-state index is 0.0161. The standard InChI is InChI=1S/C22H26FN3O3S/c1-22(2,23)29-17-5-3-4-15(12-17)18-13-16(14-19(18)27)25-7-9-26(10-8-25)21(28)20-24-6-11-30-20/h3-6,11-12,16,18H,7-10,13-14H2,1-2H3. The molecule has 2 heterocycles. The van der Waals surface area contributed by atoms with Crippen molar-refractivity contribution >= 4 is 23.0 Å². The number of alkyl halides is 1. The van der Waals surface area contributed by atoms with Crippen LogP contribution in [0.5, 0.6) is 5.75 Å². The molecule has 0 radical (unpaired) electrons. The fraction of sp³-hybridized carbons (Fsp3) is 0.500. The predicted molar refractivity (Wildman–Crippen MR) is 113 cm³/mol. The molecule has 1 amide bonds. The maximum absolute atomic E-state index is 13.8. The zero-order valence-corrected chi connectivity index (χ0v) is 18.0. The van der Waals surface area contributed by atoms with E-state index >= 15 is 0 Å². The first-order chi connectivity index (χ1) is 14.3. The van der Waals surface area contributed by atoms with Gasteiger partial charge in [0, 0.05) is 70.0 Å². The minimum atomic E-state index is -1.77. The number of carbonyl (C=O) groups is 2. The molecule has 160 valence electrons. The number of halogens is 1. The van der Waals surface area contributed by atoms with Crippen molar-refractivity contribution in [2.45, 2.75) is 44.5 Å². The number of thiazole rings is 1. The van der Waals surface area contributed by atoms with Crippen LogP contribution in [-0.4, -0.2) is 64.5 Å². The van der Waals surface area contributed by atoms with E-state index in [-0.39, 0.29) is 23.7 Å². The number of carbonyl (C=O) groups excluding carboxylic acids is 2. The highest BCUT2D eigenvalue weighted by Gasteiger charge is 2.38. The van der Waals surface area contributed by atoms with Crippen molar-refractivity contribution in [3.05, 3.63) is 46.4 Å². The molecule has 8 heteroatoms. The smallest absolute Gasteiger partial charge is 0.282 e. The summed E-state index contributed by atoms with van der Waals surface area (Å²) in [7, 11) is 0. The SMILES string of the molecule is CC(C)(F)Oc1cccc(C2CC(N3CCN(C(=O)c4nccs4)CC3)CC2=O)c1. The van der Waals surface area contributed by atoms with E-state index in [4.69, 9.17) is 4.74 Å². The summed E-state index contributed by atoms with van der Waals surface area (Å²) in [6.45, 7) is 5.50. The molecule has 1 saturated heterocycles. The number of hydrogen-bond donors (Lipinski definition) is 0. The van der Waals surface area contributed by atoms with Crippen molar-refractivity contribution in [1.82, 2.24) is 14.8 Å². The van der Waals surface area contributed by atoms with Crippen LogP contribution in [0.1, 0.15) is 48.0 Å². The zero-order chi connectivity index (χ0) is 21.3. The molecule has 1 aromatic carbocycles. The van der Waals surface area contributed by atoms with Gasteiger partial charge in [0.1, 0.15) is 11.5 Å². The molecule has 6 nitrogen and oxygen atoms in total. The summed E-state index contributed by atoms with van der Waals surface area (Å²) in [4.78, 5) is 33.5. The van der Waals surface area contributed by atoms with E-state index in [9.17, 15) is 14.0 Å². The lowest BCUT2D eigenvalue weighted by molar-refractivity contribution is -0.118. The van der Waals surface area contributed by atoms with E-state index in [1.807, 2.05) is 16.3 Å². The van der Waals surface area contributed by atoms with Crippen molar-refractivity contribution in [2.24, 2.45) is 0 Å². The van der Waals surface area contributed by atoms with E-state index in [1.165, 1.54) is 25.2 Å². The van der Waals surface area contributed by atoms with E-state index in [2.05, 4.69) is 9.88 Å². The quantitative estimate of drug-likeness (QED) is 0.725. The van der Waals surface area contributed by atoms with Gasteiger partial charge < -0.3 is 9.64 Å². The van der Waals surface area contributed by atoms with Gasteiger partial charge >= 0.3 is 0 Å². The summed E-state index contributed by atoms with van der Waals surface area (Å²) >= 11 is 1.36. The monoisotopic (exact) mass is 431 g/mol. The molecule has 2 fully saturated rings. The number of benzene rings is 1. The molecule has 2 aliphatic rings. The molecule has 0 N–H and O–H groups in total. The lowest BCUT2D eigenvalue weighted by Crippen LogP contribution is -2.51. The van der Waals surface area contributed by atoms with Crippen LogP contribution >= 0.6 is 11.3 Å². The number of ketones is 1. The first kappa shape index (κ1) is 20.9. The fourth-order valence-electron chi connectivity index (χ4n) is 4.29. The number of hydrogen-bond acceptors (Lipinski definition) is 6. The van der Waals surface area contributed by atoms with Gasteiger partial charge in [-0.1, -0.05) is 12.1 Å².